The summed E-state index contributed by atoms with van der Waals surface area (Å²) >= 11 is 1.22. The number of thiophene rings is 1. The Balaban J connectivity index is 2.70. The van der Waals surface area contributed by atoms with Crippen molar-refractivity contribution in [3.63, 3.8) is 0 Å². The van der Waals surface area contributed by atoms with Gasteiger partial charge in [0.1, 0.15) is 4.88 Å². The normalized spacial score (nSPS) is 12.3. The van der Waals surface area contributed by atoms with Gasteiger partial charge in [-0.1, -0.05) is 13.8 Å². The molecule has 0 spiro atoms. The van der Waals surface area contributed by atoms with Crippen LogP contribution < -0.4 is 11.1 Å². The Morgan fingerprint density at radius 1 is 1.50 bits per heavy atom. The number of esters is 1. The summed E-state index contributed by atoms with van der Waals surface area (Å²) in [5.41, 5.74) is 6.22. The van der Waals surface area contributed by atoms with Crippen molar-refractivity contribution in [3.05, 3.63) is 16.3 Å². The summed E-state index contributed by atoms with van der Waals surface area (Å²) in [6, 6.07) is 1.09. The van der Waals surface area contributed by atoms with Crippen LogP contribution in [-0.4, -0.2) is 25.0 Å². The van der Waals surface area contributed by atoms with Crippen molar-refractivity contribution in [1.29, 1.82) is 0 Å². The van der Waals surface area contributed by atoms with E-state index in [0.29, 0.717) is 22.9 Å². The standard InChI is InChI=1S/C12H18N2O3S/c1-7(2)6-8(13)11(15)14-9-4-5-18-10(9)12(16)17-3/h4-5,7-8H,6,13H2,1-3H3,(H,14,15)/t8-/m0/s1. The second kappa shape index (κ2) is 6.51. The molecule has 18 heavy (non-hydrogen) atoms. The Labute approximate surface area is 110 Å². The Kier molecular flexibility index (Phi) is 5.30. The molecule has 0 aliphatic heterocycles. The highest BCUT2D eigenvalue weighted by Crippen LogP contribution is 2.23. The maximum atomic E-state index is 11.8. The van der Waals surface area contributed by atoms with E-state index in [4.69, 9.17) is 5.73 Å². The quantitative estimate of drug-likeness (QED) is 0.800. The molecule has 3 N–H and O–H groups in total. The van der Waals surface area contributed by atoms with Crippen molar-refractivity contribution in [2.75, 3.05) is 12.4 Å². The lowest BCUT2D eigenvalue weighted by Crippen LogP contribution is -2.36. The highest BCUT2D eigenvalue weighted by atomic mass is 32.1. The van der Waals surface area contributed by atoms with E-state index in [2.05, 4.69) is 10.1 Å². The Morgan fingerprint density at radius 3 is 2.72 bits per heavy atom. The van der Waals surface area contributed by atoms with E-state index in [1.807, 2.05) is 13.8 Å². The van der Waals surface area contributed by atoms with Gasteiger partial charge in [-0.2, -0.15) is 0 Å². The number of ether oxygens (including phenoxy) is 1. The van der Waals surface area contributed by atoms with E-state index < -0.39 is 12.0 Å². The molecule has 1 atom stereocenters. The second-order valence-electron chi connectivity index (χ2n) is 4.38. The van der Waals surface area contributed by atoms with Crippen LogP contribution in [-0.2, 0) is 9.53 Å². The lowest BCUT2D eigenvalue weighted by Gasteiger charge is -2.14. The fourth-order valence-electron chi connectivity index (χ4n) is 1.50. The van der Waals surface area contributed by atoms with Crippen LogP contribution in [0.3, 0.4) is 0 Å². The number of hydrogen-bond acceptors (Lipinski definition) is 5. The molecule has 0 bridgehead atoms. The van der Waals surface area contributed by atoms with Crippen molar-refractivity contribution < 1.29 is 14.3 Å². The van der Waals surface area contributed by atoms with E-state index in [9.17, 15) is 9.59 Å². The summed E-state index contributed by atoms with van der Waals surface area (Å²) in [4.78, 5) is 23.6. The number of nitrogens with one attached hydrogen (secondary N) is 1. The van der Waals surface area contributed by atoms with Gasteiger partial charge in [-0.05, 0) is 23.8 Å². The molecule has 1 aromatic rings. The summed E-state index contributed by atoms with van der Waals surface area (Å²) in [7, 11) is 1.30. The summed E-state index contributed by atoms with van der Waals surface area (Å²) in [6.45, 7) is 4.00. The Morgan fingerprint density at radius 2 is 2.17 bits per heavy atom. The van der Waals surface area contributed by atoms with Crippen molar-refractivity contribution in [2.45, 2.75) is 26.3 Å². The number of rotatable bonds is 5. The van der Waals surface area contributed by atoms with Gasteiger partial charge in [-0.3, -0.25) is 4.79 Å². The van der Waals surface area contributed by atoms with Crippen molar-refractivity contribution >= 4 is 28.9 Å². The fraction of sp³-hybridized carbons (Fsp3) is 0.500. The average molecular weight is 270 g/mol. The number of amides is 1. The number of hydrogen-bond donors (Lipinski definition) is 2. The molecule has 0 saturated heterocycles. The molecular formula is C12H18N2O3S. The lowest BCUT2D eigenvalue weighted by atomic mass is 10.0. The van der Waals surface area contributed by atoms with Gasteiger partial charge in [0.05, 0.1) is 18.8 Å². The fourth-order valence-corrected chi connectivity index (χ4v) is 2.26. The van der Waals surface area contributed by atoms with E-state index in [-0.39, 0.29) is 5.91 Å². The smallest absolute Gasteiger partial charge is 0.350 e. The minimum absolute atomic E-state index is 0.285. The zero-order chi connectivity index (χ0) is 13.7. The summed E-state index contributed by atoms with van der Waals surface area (Å²) in [5.74, 6) is -0.404. The largest absolute Gasteiger partial charge is 0.465 e. The molecule has 1 aromatic heterocycles. The topological polar surface area (TPSA) is 81.4 Å². The molecule has 0 aromatic carbocycles. The summed E-state index contributed by atoms with van der Waals surface area (Å²) < 4.78 is 4.63. The highest BCUT2D eigenvalue weighted by molar-refractivity contribution is 7.12. The van der Waals surface area contributed by atoms with Gasteiger partial charge in [-0.15, -0.1) is 11.3 Å². The molecule has 0 radical (unpaired) electrons. The van der Waals surface area contributed by atoms with E-state index >= 15 is 0 Å². The van der Waals surface area contributed by atoms with E-state index in [1.54, 1.807) is 11.4 Å². The highest BCUT2D eigenvalue weighted by Gasteiger charge is 2.19. The molecule has 0 aliphatic rings. The average Bonchev–Trinajstić information content (AvgIpc) is 2.75. The molecule has 1 heterocycles. The Hall–Kier alpha value is -1.40. The molecular weight excluding hydrogens is 252 g/mol. The molecule has 0 fully saturated rings. The van der Waals surface area contributed by atoms with E-state index in [1.165, 1.54) is 18.4 Å². The number of nitrogens with two attached hydrogens (primary N) is 1. The van der Waals surface area contributed by atoms with Gasteiger partial charge in [0, 0.05) is 0 Å². The molecule has 5 nitrogen and oxygen atoms in total. The van der Waals surface area contributed by atoms with Gasteiger partial charge in [0.2, 0.25) is 5.91 Å². The van der Waals surface area contributed by atoms with E-state index in [0.717, 1.165) is 0 Å². The van der Waals surface area contributed by atoms with Crippen LogP contribution in [0.1, 0.15) is 29.9 Å². The maximum absolute atomic E-state index is 11.8. The molecule has 0 saturated carbocycles. The van der Waals surface area contributed by atoms with Gasteiger partial charge >= 0.3 is 5.97 Å². The summed E-state index contributed by atoms with van der Waals surface area (Å²) in [5, 5.41) is 4.37. The third kappa shape index (κ3) is 3.82. The van der Waals surface area contributed by atoms with Crippen LogP contribution in [0.4, 0.5) is 5.69 Å². The third-order valence-electron chi connectivity index (χ3n) is 2.36. The lowest BCUT2D eigenvalue weighted by molar-refractivity contribution is -0.117. The molecule has 0 unspecified atom stereocenters. The van der Waals surface area contributed by atoms with Crippen molar-refractivity contribution in [2.24, 2.45) is 11.7 Å². The predicted molar refractivity (Wildman–Crippen MR) is 71.7 cm³/mol. The molecule has 100 valence electrons. The second-order valence-corrected chi connectivity index (χ2v) is 5.30. The number of methoxy groups -OCH3 is 1. The number of carbonyl (C=O) groups excluding carboxylic acids is 2. The predicted octanol–water partition coefficient (Wildman–Crippen LogP) is 1.85. The Bertz CT molecular complexity index is 429. The number of carbonyl (C=O) groups is 2. The maximum Gasteiger partial charge on any atom is 0.350 e. The third-order valence-corrected chi connectivity index (χ3v) is 3.25. The van der Waals surface area contributed by atoms with Crippen LogP contribution in [0.15, 0.2) is 11.4 Å². The first-order valence-corrected chi connectivity index (χ1v) is 6.56. The SMILES string of the molecule is COC(=O)c1sccc1NC(=O)[C@@H](N)CC(C)C. The van der Waals surface area contributed by atoms with Gasteiger partial charge in [0.25, 0.3) is 0 Å². The minimum Gasteiger partial charge on any atom is -0.465 e. The van der Waals surface area contributed by atoms with Gasteiger partial charge in [0.15, 0.2) is 0 Å². The molecule has 0 aliphatic carbocycles. The van der Waals surface area contributed by atoms with Crippen LogP contribution in [0.5, 0.6) is 0 Å². The monoisotopic (exact) mass is 270 g/mol. The van der Waals surface area contributed by atoms with Crippen LogP contribution in [0.25, 0.3) is 0 Å². The zero-order valence-corrected chi connectivity index (χ0v) is 11.5. The molecule has 1 amide bonds. The van der Waals surface area contributed by atoms with Crippen molar-refractivity contribution in [3.8, 4) is 0 Å². The zero-order valence-electron chi connectivity index (χ0n) is 10.7. The molecule has 1 rings (SSSR count). The van der Waals surface area contributed by atoms with Crippen LogP contribution >= 0.6 is 11.3 Å². The van der Waals surface area contributed by atoms with Crippen LogP contribution in [0.2, 0.25) is 0 Å². The number of anilines is 1. The van der Waals surface area contributed by atoms with Gasteiger partial charge in [-0.25, -0.2) is 4.79 Å². The molecule has 6 heteroatoms. The van der Waals surface area contributed by atoms with Gasteiger partial charge < -0.3 is 15.8 Å². The first kappa shape index (κ1) is 14.7. The first-order valence-electron chi connectivity index (χ1n) is 5.68. The van der Waals surface area contributed by atoms with Crippen LogP contribution in [0, 0.1) is 5.92 Å². The van der Waals surface area contributed by atoms with Crippen molar-refractivity contribution in [1.82, 2.24) is 0 Å². The summed E-state index contributed by atoms with van der Waals surface area (Å²) in [6.07, 6.45) is 0.601. The first-order chi connectivity index (χ1) is 8.45. The minimum atomic E-state index is -0.574.